The highest BCUT2D eigenvalue weighted by Gasteiger charge is 2.17. The average Bonchev–Trinajstić information content (AvgIpc) is 3.07. The predicted octanol–water partition coefficient (Wildman–Crippen LogP) is 3.65. The maximum Gasteiger partial charge on any atom is 0.331 e. The summed E-state index contributed by atoms with van der Waals surface area (Å²) in [6, 6.07) is 8.75. The fourth-order valence-corrected chi connectivity index (χ4v) is 2.47. The zero-order valence-corrected chi connectivity index (χ0v) is 13.6. The average molecular weight is 363 g/mol. The first-order valence-electron chi connectivity index (χ1n) is 7.26. The highest BCUT2D eigenvalue weighted by molar-refractivity contribution is 6.32. The number of hydrogen-bond acceptors (Lipinski definition) is 5. The standard InChI is InChI=1S/C18H12ClFO5/c19-13-7-11(8-16-18(13)25-10-24-16)5-6-17(22)23-9-15(21)12-3-1-2-4-14(12)20/h1-8H,9-10H2/b6-5+. The van der Waals surface area contributed by atoms with Gasteiger partial charge in [0.15, 0.2) is 18.1 Å². The van der Waals surface area contributed by atoms with Gasteiger partial charge in [0, 0.05) is 6.08 Å². The second-order valence-corrected chi connectivity index (χ2v) is 5.49. The molecule has 0 bridgehead atoms. The van der Waals surface area contributed by atoms with E-state index in [2.05, 4.69) is 0 Å². The molecule has 128 valence electrons. The molecule has 1 heterocycles. The maximum atomic E-state index is 13.5. The van der Waals surface area contributed by atoms with Crippen molar-refractivity contribution < 1.29 is 28.2 Å². The zero-order chi connectivity index (χ0) is 17.8. The third kappa shape index (κ3) is 3.97. The van der Waals surface area contributed by atoms with Crippen molar-refractivity contribution in [3.05, 3.63) is 64.4 Å². The van der Waals surface area contributed by atoms with Gasteiger partial charge >= 0.3 is 5.97 Å². The molecule has 2 aromatic carbocycles. The molecule has 0 saturated heterocycles. The summed E-state index contributed by atoms with van der Waals surface area (Å²) < 4.78 is 28.7. The lowest BCUT2D eigenvalue weighted by Gasteiger charge is -2.03. The normalized spacial score (nSPS) is 12.4. The SMILES string of the molecule is O=C(/C=C/c1cc(Cl)c2c(c1)OCO2)OCC(=O)c1ccccc1F. The van der Waals surface area contributed by atoms with Gasteiger partial charge in [-0.3, -0.25) is 4.79 Å². The van der Waals surface area contributed by atoms with E-state index in [9.17, 15) is 14.0 Å². The van der Waals surface area contributed by atoms with Crippen LogP contribution >= 0.6 is 11.6 Å². The minimum atomic E-state index is -0.738. The van der Waals surface area contributed by atoms with Crippen LogP contribution in [0.3, 0.4) is 0 Å². The molecular weight excluding hydrogens is 351 g/mol. The molecule has 0 aliphatic carbocycles. The fraction of sp³-hybridized carbons (Fsp3) is 0.111. The van der Waals surface area contributed by atoms with Gasteiger partial charge in [-0.1, -0.05) is 23.7 Å². The number of fused-ring (bicyclic) bond motifs is 1. The molecule has 25 heavy (non-hydrogen) atoms. The van der Waals surface area contributed by atoms with Crippen LogP contribution in [0.5, 0.6) is 11.5 Å². The largest absolute Gasteiger partial charge is 0.454 e. The van der Waals surface area contributed by atoms with Crippen LogP contribution in [0, 0.1) is 5.82 Å². The van der Waals surface area contributed by atoms with E-state index in [1.807, 2.05) is 0 Å². The summed E-state index contributed by atoms with van der Waals surface area (Å²) in [7, 11) is 0. The minimum Gasteiger partial charge on any atom is -0.454 e. The van der Waals surface area contributed by atoms with Gasteiger partial charge in [0.05, 0.1) is 10.6 Å². The van der Waals surface area contributed by atoms with Crippen LogP contribution in [0.4, 0.5) is 4.39 Å². The molecule has 0 saturated carbocycles. The smallest absolute Gasteiger partial charge is 0.331 e. The lowest BCUT2D eigenvalue weighted by atomic mass is 10.1. The summed E-state index contributed by atoms with van der Waals surface area (Å²) in [5, 5.41) is 0.359. The first-order chi connectivity index (χ1) is 12.0. The highest BCUT2D eigenvalue weighted by atomic mass is 35.5. The minimum absolute atomic E-state index is 0.0857. The van der Waals surface area contributed by atoms with Crippen molar-refractivity contribution in [2.45, 2.75) is 0 Å². The number of benzene rings is 2. The first-order valence-corrected chi connectivity index (χ1v) is 7.64. The van der Waals surface area contributed by atoms with Crippen molar-refractivity contribution in [3.63, 3.8) is 0 Å². The molecule has 0 aromatic heterocycles. The van der Waals surface area contributed by atoms with Crippen molar-refractivity contribution in [2.24, 2.45) is 0 Å². The van der Waals surface area contributed by atoms with E-state index in [0.717, 1.165) is 6.08 Å². The third-order valence-electron chi connectivity index (χ3n) is 3.38. The number of esters is 1. The van der Waals surface area contributed by atoms with E-state index in [0.29, 0.717) is 22.1 Å². The summed E-state index contributed by atoms with van der Waals surface area (Å²) in [5.41, 5.74) is 0.480. The van der Waals surface area contributed by atoms with Gasteiger partial charge in [-0.15, -0.1) is 0 Å². The van der Waals surface area contributed by atoms with Gasteiger partial charge < -0.3 is 14.2 Å². The molecule has 1 aliphatic rings. The summed E-state index contributed by atoms with van der Waals surface area (Å²) in [4.78, 5) is 23.5. The van der Waals surface area contributed by atoms with E-state index in [1.165, 1.54) is 30.3 Å². The van der Waals surface area contributed by atoms with Crippen LogP contribution in [0.25, 0.3) is 6.08 Å². The Morgan fingerprint density at radius 3 is 2.84 bits per heavy atom. The Bertz CT molecular complexity index is 863. The van der Waals surface area contributed by atoms with Crippen molar-refractivity contribution in [1.29, 1.82) is 0 Å². The van der Waals surface area contributed by atoms with Gasteiger partial charge in [-0.05, 0) is 35.9 Å². The molecule has 0 N–H and O–H groups in total. The van der Waals surface area contributed by atoms with E-state index >= 15 is 0 Å². The Hall–Kier alpha value is -2.86. The Balaban J connectivity index is 1.59. The third-order valence-corrected chi connectivity index (χ3v) is 3.66. The van der Waals surface area contributed by atoms with Crippen molar-refractivity contribution in [1.82, 2.24) is 0 Å². The Morgan fingerprint density at radius 2 is 2.04 bits per heavy atom. The number of ether oxygens (including phenoxy) is 3. The molecule has 2 aromatic rings. The number of hydrogen-bond donors (Lipinski definition) is 0. The molecule has 0 radical (unpaired) electrons. The van der Waals surface area contributed by atoms with Crippen molar-refractivity contribution in [2.75, 3.05) is 13.4 Å². The Morgan fingerprint density at radius 1 is 1.24 bits per heavy atom. The van der Waals surface area contributed by atoms with E-state index < -0.39 is 24.2 Å². The molecule has 0 spiro atoms. The Labute approximate surface area is 147 Å². The number of carbonyl (C=O) groups is 2. The van der Waals surface area contributed by atoms with Crippen LogP contribution in [0.1, 0.15) is 15.9 Å². The van der Waals surface area contributed by atoms with Crippen LogP contribution < -0.4 is 9.47 Å². The summed E-state index contributed by atoms with van der Waals surface area (Å²) in [6.45, 7) is -0.464. The molecule has 3 rings (SSSR count). The second kappa shape index (κ2) is 7.36. The number of Topliss-reactive ketones (excluding diaryl/α,β-unsaturated/α-hetero) is 1. The summed E-state index contributed by atoms with van der Waals surface area (Å²) in [5.74, 6) is -1.08. The number of ketones is 1. The number of halogens is 2. The molecular formula is C18H12ClFO5. The van der Waals surface area contributed by atoms with Gasteiger partial charge in [0.25, 0.3) is 0 Å². The summed E-state index contributed by atoms with van der Waals surface area (Å²) >= 11 is 6.04. The summed E-state index contributed by atoms with van der Waals surface area (Å²) in [6.07, 6.45) is 2.60. The number of carbonyl (C=O) groups excluding carboxylic acids is 2. The van der Waals surface area contributed by atoms with E-state index in [4.69, 9.17) is 25.8 Å². The van der Waals surface area contributed by atoms with Crippen LogP contribution in [-0.2, 0) is 9.53 Å². The van der Waals surface area contributed by atoms with Crippen LogP contribution in [0.2, 0.25) is 5.02 Å². The number of rotatable bonds is 5. The quantitative estimate of drug-likeness (QED) is 0.461. The molecule has 7 heteroatoms. The Kier molecular flexibility index (Phi) is 5.00. The second-order valence-electron chi connectivity index (χ2n) is 5.08. The van der Waals surface area contributed by atoms with Gasteiger partial charge in [-0.2, -0.15) is 0 Å². The lowest BCUT2D eigenvalue weighted by Crippen LogP contribution is -2.13. The molecule has 0 amide bonds. The van der Waals surface area contributed by atoms with Crippen molar-refractivity contribution >= 4 is 29.4 Å². The van der Waals surface area contributed by atoms with E-state index in [-0.39, 0.29) is 12.4 Å². The zero-order valence-electron chi connectivity index (χ0n) is 12.8. The van der Waals surface area contributed by atoms with Crippen LogP contribution in [-0.4, -0.2) is 25.2 Å². The lowest BCUT2D eigenvalue weighted by molar-refractivity contribution is -0.136. The fourth-order valence-electron chi connectivity index (χ4n) is 2.20. The first kappa shape index (κ1) is 17.0. The molecule has 0 unspecified atom stereocenters. The predicted molar refractivity (Wildman–Crippen MR) is 88.3 cm³/mol. The maximum absolute atomic E-state index is 13.5. The van der Waals surface area contributed by atoms with Crippen molar-refractivity contribution in [3.8, 4) is 11.5 Å². The molecule has 0 atom stereocenters. The highest BCUT2D eigenvalue weighted by Crippen LogP contribution is 2.40. The topological polar surface area (TPSA) is 61.8 Å². The van der Waals surface area contributed by atoms with Crippen LogP contribution in [0.15, 0.2) is 42.5 Å². The molecule has 0 fully saturated rings. The van der Waals surface area contributed by atoms with E-state index in [1.54, 1.807) is 12.1 Å². The molecule has 5 nitrogen and oxygen atoms in total. The van der Waals surface area contributed by atoms with Gasteiger partial charge in [0.1, 0.15) is 5.82 Å². The monoisotopic (exact) mass is 362 g/mol. The molecule has 1 aliphatic heterocycles. The van der Waals surface area contributed by atoms with Gasteiger partial charge in [-0.25, -0.2) is 9.18 Å². The van der Waals surface area contributed by atoms with Gasteiger partial charge in [0.2, 0.25) is 12.6 Å².